The van der Waals surface area contributed by atoms with Gasteiger partial charge in [-0.15, -0.1) is 0 Å². The van der Waals surface area contributed by atoms with Crippen molar-refractivity contribution in [2.24, 2.45) is 11.7 Å². The van der Waals surface area contributed by atoms with Crippen LogP contribution in [0.3, 0.4) is 0 Å². The van der Waals surface area contributed by atoms with Crippen LogP contribution in [-0.4, -0.2) is 40.6 Å². The number of carbonyl (C=O) groups is 1. The largest absolute Gasteiger partial charge is 0.481 e. The number of rotatable bonds is 5. The third-order valence-corrected chi connectivity index (χ3v) is 4.92. The van der Waals surface area contributed by atoms with Crippen LogP contribution in [0.25, 0.3) is 10.9 Å². The van der Waals surface area contributed by atoms with Crippen molar-refractivity contribution >= 4 is 16.9 Å². The maximum atomic E-state index is 10.9. The molecule has 2 unspecified atom stereocenters. The number of aliphatic carboxylic acids is 1. The minimum atomic E-state index is -0.730. The second-order valence-electron chi connectivity index (χ2n) is 6.86. The van der Waals surface area contributed by atoms with Crippen LogP contribution in [0, 0.1) is 5.92 Å². The van der Waals surface area contributed by atoms with E-state index < -0.39 is 5.97 Å². The maximum absolute atomic E-state index is 10.9. The van der Waals surface area contributed by atoms with Crippen LogP contribution >= 0.6 is 0 Å². The third kappa shape index (κ3) is 3.57. The second-order valence-corrected chi connectivity index (χ2v) is 6.86. The summed E-state index contributed by atoms with van der Waals surface area (Å²) >= 11 is 0. The number of fused-ring (bicyclic) bond motifs is 1. The average Bonchev–Trinajstić information content (AvgIpc) is 2.58. The molecule has 0 saturated carbocycles. The second kappa shape index (κ2) is 7.28. The fourth-order valence-corrected chi connectivity index (χ4v) is 3.90. The number of pyridine rings is 1. The van der Waals surface area contributed by atoms with Crippen molar-refractivity contribution < 1.29 is 9.90 Å². The first-order valence-corrected chi connectivity index (χ1v) is 8.59. The molecule has 1 fully saturated rings. The highest BCUT2D eigenvalue weighted by atomic mass is 16.4. The molecule has 5 nitrogen and oxygen atoms in total. The Hall–Kier alpha value is -1.98. The summed E-state index contributed by atoms with van der Waals surface area (Å²) in [5.74, 6) is 0.228. The van der Waals surface area contributed by atoms with Gasteiger partial charge < -0.3 is 15.7 Å². The quantitative estimate of drug-likeness (QED) is 0.882. The van der Waals surface area contributed by atoms with Gasteiger partial charge in [0.1, 0.15) is 0 Å². The Morgan fingerprint density at radius 1 is 1.38 bits per heavy atom. The van der Waals surface area contributed by atoms with Crippen LogP contribution in [0.4, 0.5) is 0 Å². The van der Waals surface area contributed by atoms with Crippen LogP contribution in [0.15, 0.2) is 30.5 Å². The van der Waals surface area contributed by atoms with Gasteiger partial charge in [-0.2, -0.15) is 0 Å². The molecule has 0 amide bonds. The highest BCUT2D eigenvalue weighted by Crippen LogP contribution is 2.34. The Bertz CT molecular complexity index is 732. The van der Waals surface area contributed by atoms with Crippen molar-refractivity contribution in [3.05, 3.63) is 41.6 Å². The van der Waals surface area contributed by atoms with E-state index in [1.807, 2.05) is 12.3 Å². The zero-order valence-corrected chi connectivity index (χ0v) is 14.1. The van der Waals surface area contributed by atoms with Gasteiger partial charge >= 0.3 is 5.97 Å². The molecule has 0 spiro atoms. The number of benzene rings is 1. The van der Waals surface area contributed by atoms with E-state index in [1.54, 1.807) is 0 Å². The predicted molar refractivity (Wildman–Crippen MR) is 94.8 cm³/mol. The minimum absolute atomic E-state index is 0.202. The molecule has 0 aliphatic carbocycles. The van der Waals surface area contributed by atoms with Crippen LogP contribution < -0.4 is 5.73 Å². The van der Waals surface area contributed by atoms with Crippen LogP contribution in [-0.2, 0) is 11.3 Å². The topological polar surface area (TPSA) is 79.5 Å². The first kappa shape index (κ1) is 16.9. The number of carboxylic acid groups (broad SMARTS) is 1. The lowest BCUT2D eigenvalue weighted by Crippen LogP contribution is -2.39. The highest BCUT2D eigenvalue weighted by Gasteiger charge is 2.27. The Kier molecular flexibility index (Phi) is 5.11. The summed E-state index contributed by atoms with van der Waals surface area (Å²) in [6.45, 7) is 5.23. The van der Waals surface area contributed by atoms with E-state index >= 15 is 0 Å². The van der Waals surface area contributed by atoms with Gasteiger partial charge in [0.25, 0.3) is 0 Å². The normalized spacial score (nSPS) is 21.9. The van der Waals surface area contributed by atoms with E-state index in [-0.39, 0.29) is 6.42 Å². The van der Waals surface area contributed by atoms with E-state index in [2.05, 4.69) is 35.0 Å². The molecular weight excluding hydrogens is 302 g/mol. The fourth-order valence-electron chi connectivity index (χ4n) is 3.90. The van der Waals surface area contributed by atoms with Crippen LogP contribution in [0.2, 0.25) is 0 Å². The van der Waals surface area contributed by atoms with Crippen molar-refractivity contribution in [3.63, 3.8) is 0 Å². The Balaban J connectivity index is 1.90. The molecule has 0 bridgehead atoms. The van der Waals surface area contributed by atoms with Gasteiger partial charge in [0, 0.05) is 37.8 Å². The molecule has 3 rings (SSSR count). The molecule has 2 atom stereocenters. The van der Waals surface area contributed by atoms with Gasteiger partial charge in [0.15, 0.2) is 0 Å². The lowest BCUT2D eigenvalue weighted by atomic mass is 9.83. The standard InChI is InChI=1S/C19H25N3O2/c1-13-9-15(12-22(11-13)8-6-18(23)24)16-5-4-14(10-20)19-17(16)3-2-7-21-19/h2-5,7,13,15H,6,8-12,20H2,1H3,(H,23,24). The number of aromatic nitrogens is 1. The zero-order valence-electron chi connectivity index (χ0n) is 14.1. The number of nitrogens with two attached hydrogens (primary N) is 1. The summed E-state index contributed by atoms with van der Waals surface area (Å²) < 4.78 is 0. The number of nitrogens with zero attached hydrogens (tertiary/aromatic N) is 2. The summed E-state index contributed by atoms with van der Waals surface area (Å²) in [5.41, 5.74) is 9.22. The molecule has 128 valence electrons. The van der Waals surface area contributed by atoms with Gasteiger partial charge in [0.05, 0.1) is 11.9 Å². The smallest absolute Gasteiger partial charge is 0.304 e. The van der Waals surface area contributed by atoms with Gasteiger partial charge in [-0.3, -0.25) is 9.78 Å². The molecule has 1 saturated heterocycles. The molecule has 0 radical (unpaired) electrons. The van der Waals surface area contributed by atoms with Crippen molar-refractivity contribution in [1.29, 1.82) is 0 Å². The lowest BCUT2D eigenvalue weighted by Gasteiger charge is -2.37. The van der Waals surface area contributed by atoms with E-state index in [0.29, 0.717) is 24.9 Å². The monoisotopic (exact) mass is 327 g/mol. The molecule has 5 heteroatoms. The summed E-state index contributed by atoms with van der Waals surface area (Å²) in [4.78, 5) is 17.7. The summed E-state index contributed by atoms with van der Waals surface area (Å²) in [6, 6.07) is 8.37. The number of hydrogen-bond donors (Lipinski definition) is 2. The molecule has 2 aromatic rings. The predicted octanol–water partition coefficient (Wildman–Crippen LogP) is 2.59. The third-order valence-electron chi connectivity index (χ3n) is 4.92. The number of likely N-dealkylation sites (tertiary alicyclic amines) is 1. The van der Waals surface area contributed by atoms with Crippen molar-refractivity contribution in [2.75, 3.05) is 19.6 Å². The number of piperidine rings is 1. The van der Waals surface area contributed by atoms with Crippen molar-refractivity contribution in [2.45, 2.75) is 32.2 Å². The summed E-state index contributed by atoms with van der Waals surface area (Å²) in [7, 11) is 0. The van der Waals surface area contributed by atoms with Gasteiger partial charge in [-0.25, -0.2) is 0 Å². The Morgan fingerprint density at radius 3 is 2.96 bits per heavy atom. The number of carboxylic acids is 1. The first-order chi connectivity index (χ1) is 11.6. The van der Waals surface area contributed by atoms with E-state index in [9.17, 15) is 4.79 Å². The SMILES string of the molecule is CC1CC(c2ccc(CN)c3ncccc23)CN(CCC(=O)O)C1. The molecule has 1 aromatic heterocycles. The number of hydrogen-bond acceptors (Lipinski definition) is 4. The zero-order chi connectivity index (χ0) is 17.1. The Morgan fingerprint density at radius 2 is 2.21 bits per heavy atom. The average molecular weight is 327 g/mol. The van der Waals surface area contributed by atoms with E-state index in [0.717, 1.165) is 30.6 Å². The molecule has 3 N–H and O–H groups in total. The molecule has 1 aliphatic heterocycles. The first-order valence-electron chi connectivity index (χ1n) is 8.59. The van der Waals surface area contributed by atoms with E-state index in [1.165, 1.54) is 10.9 Å². The minimum Gasteiger partial charge on any atom is -0.481 e. The highest BCUT2D eigenvalue weighted by molar-refractivity contribution is 5.85. The molecule has 24 heavy (non-hydrogen) atoms. The summed E-state index contributed by atoms with van der Waals surface area (Å²) in [5, 5.41) is 10.1. The van der Waals surface area contributed by atoms with Crippen molar-refractivity contribution in [1.82, 2.24) is 9.88 Å². The van der Waals surface area contributed by atoms with Crippen molar-refractivity contribution in [3.8, 4) is 0 Å². The maximum Gasteiger partial charge on any atom is 0.304 e. The molecule has 1 aliphatic rings. The van der Waals surface area contributed by atoms with Crippen LogP contribution in [0.5, 0.6) is 0 Å². The summed E-state index contributed by atoms with van der Waals surface area (Å²) in [6.07, 6.45) is 3.14. The Labute approximate surface area is 142 Å². The molecule has 2 heterocycles. The molecular formula is C19H25N3O2. The molecule has 1 aromatic carbocycles. The lowest BCUT2D eigenvalue weighted by molar-refractivity contribution is -0.137. The van der Waals surface area contributed by atoms with Gasteiger partial charge in [-0.1, -0.05) is 25.1 Å². The van der Waals surface area contributed by atoms with Gasteiger partial charge in [-0.05, 0) is 35.4 Å². The van der Waals surface area contributed by atoms with Gasteiger partial charge in [0.2, 0.25) is 0 Å². The fraction of sp³-hybridized carbons (Fsp3) is 0.474. The van der Waals surface area contributed by atoms with E-state index in [4.69, 9.17) is 10.8 Å². The van der Waals surface area contributed by atoms with Crippen LogP contribution in [0.1, 0.15) is 36.8 Å².